The van der Waals surface area contributed by atoms with Crippen LogP contribution in [0, 0.1) is 0 Å². The van der Waals surface area contributed by atoms with Crippen molar-refractivity contribution in [2.75, 3.05) is 7.05 Å². The first kappa shape index (κ1) is 14.5. The van der Waals surface area contributed by atoms with Gasteiger partial charge in [-0.05, 0) is 31.2 Å². The van der Waals surface area contributed by atoms with Gasteiger partial charge in [0, 0.05) is 12.1 Å². The van der Waals surface area contributed by atoms with E-state index in [2.05, 4.69) is 14.5 Å². The van der Waals surface area contributed by atoms with Gasteiger partial charge in [-0.2, -0.15) is 13.5 Å². The molecular weight excluding hydrogens is 306 g/mol. The summed E-state index contributed by atoms with van der Waals surface area (Å²) in [6.07, 6.45) is 0. The van der Waals surface area contributed by atoms with Gasteiger partial charge in [-0.25, -0.2) is 5.01 Å². The molecule has 0 unspecified atom stereocenters. The largest absolute Gasteiger partial charge is 0.358 e. The lowest BCUT2D eigenvalue weighted by Crippen LogP contribution is -2.24. The van der Waals surface area contributed by atoms with Gasteiger partial charge in [0.05, 0.1) is 5.71 Å². The van der Waals surface area contributed by atoms with Crippen LogP contribution in [0.2, 0.25) is 5.02 Å². The van der Waals surface area contributed by atoms with E-state index in [9.17, 15) is 13.2 Å². The summed E-state index contributed by atoms with van der Waals surface area (Å²) in [5.74, 6) is -0.534. The molecule has 0 spiro atoms. The number of oxime groups is 1. The average molecular weight is 316 g/mol. The minimum Gasteiger partial charge on any atom is -0.265 e. The summed E-state index contributed by atoms with van der Waals surface area (Å²) in [5, 5.41) is 8.64. The number of amides is 1. The number of carbonyl (C=O) groups is 1. The maximum Gasteiger partial charge on any atom is 0.358 e. The number of carbonyl (C=O) groups excluding carboxylic acids is 1. The predicted molar refractivity (Wildman–Crippen MR) is 73.0 cm³/mol. The van der Waals surface area contributed by atoms with Crippen LogP contribution in [0.15, 0.2) is 39.4 Å². The van der Waals surface area contributed by atoms with Crippen LogP contribution in [0.5, 0.6) is 0 Å². The molecule has 9 heteroatoms. The zero-order valence-electron chi connectivity index (χ0n) is 10.6. The van der Waals surface area contributed by atoms with Crippen molar-refractivity contribution < 1.29 is 17.5 Å². The number of hydrogen-bond donors (Lipinski definition) is 0. The highest BCUT2D eigenvalue weighted by Crippen LogP contribution is 2.17. The van der Waals surface area contributed by atoms with Crippen molar-refractivity contribution in [3.05, 3.63) is 29.3 Å². The number of nitrogens with zero attached hydrogens (tertiary/aromatic N) is 3. The predicted octanol–water partition coefficient (Wildman–Crippen LogP) is 1.25. The normalized spacial score (nSPS) is 17.6. The smallest absolute Gasteiger partial charge is 0.265 e. The molecule has 1 amide bonds. The van der Waals surface area contributed by atoms with Gasteiger partial charge in [0.15, 0.2) is 5.71 Å². The second kappa shape index (κ2) is 5.22. The monoisotopic (exact) mass is 315 g/mol. The molecule has 1 aromatic rings. The van der Waals surface area contributed by atoms with Crippen molar-refractivity contribution in [2.45, 2.75) is 11.8 Å². The molecule has 0 aromatic heterocycles. The molecule has 1 heterocycles. The first-order chi connectivity index (χ1) is 9.31. The molecule has 0 aliphatic carbocycles. The Morgan fingerprint density at radius 1 is 1.30 bits per heavy atom. The summed E-state index contributed by atoms with van der Waals surface area (Å²) in [5.41, 5.74) is 0.133. The van der Waals surface area contributed by atoms with E-state index in [1.807, 2.05) is 0 Å². The van der Waals surface area contributed by atoms with Gasteiger partial charge in [0.25, 0.3) is 5.91 Å². The Morgan fingerprint density at radius 3 is 2.40 bits per heavy atom. The molecular formula is C11H10ClN3O4S. The zero-order chi connectivity index (χ0) is 14.9. The molecule has 1 aliphatic heterocycles. The van der Waals surface area contributed by atoms with Crippen molar-refractivity contribution in [3.8, 4) is 0 Å². The molecule has 0 radical (unpaired) electrons. The first-order valence-electron chi connectivity index (χ1n) is 5.42. The molecule has 1 aliphatic rings. The van der Waals surface area contributed by atoms with E-state index in [0.717, 1.165) is 5.01 Å². The van der Waals surface area contributed by atoms with Crippen molar-refractivity contribution in [1.29, 1.82) is 0 Å². The van der Waals surface area contributed by atoms with Crippen LogP contribution in [-0.2, 0) is 19.2 Å². The molecule has 0 bridgehead atoms. The minimum absolute atomic E-state index is 0.111. The maximum absolute atomic E-state index is 11.9. The fourth-order valence-electron chi connectivity index (χ4n) is 1.46. The molecule has 106 valence electrons. The van der Waals surface area contributed by atoms with Gasteiger partial charge in [-0.15, -0.1) is 0 Å². The summed E-state index contributed by atoms with van der Waals surface area (Å²) in [4.78, 5) is 11.5. The van der Waals surface area contributed by atoms with Gasteiger partial charge < -0.3 is 0 Å². The van der Waals surface area contributed by atoms with E-state index in [4.69, 9.17) is 11.6 Å². The maximum atomic E-state index is 11.9. The van der Waals surface area contributed by atoms with Crippen molar-refractivity contribution >= 4 is 39.0 Å². The van der Waals surface area contributed by atoms with Crippen molar-refractivity contribution in [3.63, 3.8) is 0 Å². The number of hydrazone groups is 1. The highest BCUT2D eigenvalue weighted by molar-refractivity contribution is 7.86. The Morgan fingerprint density at radius 2 is 1.90 bits per heavy atom. The number of rotatable bonds is 3. The van der Waals surface area contributed by atoms with E-state index in [0.29, 0.717) is 5.02 Å². The molecule has 0 saturated heterocycles. The van der Waals surface area contributed by atoms with E-state index >= 15 is 0 Å². The summed E-state index contributed by atoms with van der Waals surface area (Å²) < 4.78 is 28.2. The Kier molecular flexibility index (Phi) is 3.78. The van der Waals surface area contributed by atoms with Crippen LogP contribution in [0.1, 0.15) is 6.92 Å². The second-order valence-electron chi connectivity index (χ2n) is 3.94. The Balaban J connectivity index is 2.24. The third kappa shape index (κ3) is 2.81. The highest BCUT2D eigenvalue weighted by atomic mass is 35.5. The van der Waals surface area contributed by atoms with E-state index in [-0.39, 0.29) is 16.3 Å². The molecule has 2 rings (SSSR count). The SMILES string of the molecule is CC1=NN(C)C(=O)/C1=N/OS(=O)(=O)c1ccc(Cl)cc1. The number of benzene rings is 1. The first-order valence-corrected chi connectivity index (χ1v) is 7.21. The van der Waals surface area contributed by atoms with Crippen LogP contribution in [0.3, 0.4) is 0 Å². The quantitative estimate of drug-likeness (QED) is 0.785. The second-order valence-corrected chi connectivity index (χ2v) is 5.90. The third-order valence-corrected chi connectivity index (χ3v) is 3.84. The van der Waals surface area contributed by atoms with Gasteiger partial charge in [-0.3, -0.25) is 9.08 Å². The molecule has 20 heavy (non-hydrogen) atoms. The molecule has 0 saturated carbocycles. The Bertz CT molecular complexity index is 710. The lowest BCUT2D eigenvalue weighted by Gasteiger charge is -2.03. The van der Waals surface area contributed by atoms with E-state index in [1.165, 1.54) is 38.2 Å². The van der Waals surface area contributed by atoms with Crippen LogP contribution >= 0.6 is 11.6 Å². The molecule has 0 fully saturated rings. The van der Waals surface area contributed by atoms with Gasteiger partial charge >= 0.3 is 10.1 Å². The standard InChI is InChI=1S/C11H10ClN3O4S/c1-7-10(11(16)15(2)13-7)14-19-20(17,18)9-5-3-8(12)4-6-9/h3-6H,1-2H3/b14-10+. The van der Waals surface area contributed by atoms with Gasteiger partial charge in [-0.1, -0.05) is 16.8 Å². The van der Waals surface area contributed by atoms with Crippen molar-refractivity contribution in [2.24, 2.45) is 10.3 Å². The summed E-state index contributed by atoms with van der Waals surface area (Å²) in [7, 11) is -2.67. The summed E-state index contributed by atoms with van der Waals surface area (Å²) in [6.45, 7) is 1.53. The Hall–Kier alpha value is -1.93. The number of halogens is 1. The zero-order valence-corrected chi connectivity index (χ0v) is 12.1. The number of hydrogen-bond acceptors (Lipinski definition) is 6. The van der Waals surface area contributed by atoms with Crippen LogP contribution < -0.4 is 0 Å². The van der Waals surface area contributed by atoms with Crippen molar-refractivity contribution in [1.82, 2.24) is 5.01 Å². The lowest BCUT2D eigenvalue weighted by atomic mass is 10.3. The lowest BCUT2D eigenvalue weighted by molar-refractivity contribution is -0.122. The van der Waals surface area contributed by atoms with Gasteiger partial charge in [0.2, 0.25) is 0 Å². The molecule has 0 N–H and O–H groups in total. The van der Waals surface area contributed by atoms with E-state index in [1.54, 1.807) is 0 Å². The minimum atomic E-state index is -4.10. The van der Waals surface area contributed by atoms with Crippen LogP contribution in [0.4, 0.5) is 0 Å². The average Bonchev–Trinajstić information content (AvgIpc) is 2.62. The summed E-state index contributed by atoms with van der Waals surface area (Å²) in [6, 6.07) is 5.38. The van der Waals surface area contributed by atoms with E-state index < -0.39 is 16.0 Å². The third-order valence-electron chi connectivity index (χ3n) is 2.47. The Labute approximate surface area is 120 Å². The topological polar surface area (TPSA) is 88.4 Å². The fourth-order valence-corrected chi connectivity index (χ4v) is 2.32. The van der Waals surface area contributed by atoms with Gasteiger partial charge in [0.1, 0.15) is 4.90 Å². The fraction of sp³-hybridized carbons (Fsp3) is 0.182. The van der Waals surface area contributed by atoms with Crippen LogP contribution in [-0.4, -0.2) is 37.8 Å². The van der Waals surface area contributed by atoms with Crippen LogP contribution in [0.25, 0.3) is 0 Å². The molecule has 1 aromatic carbocycles. The molecule has 7 nitrogen and oxygen atoms in total. The molecule has 0 atom stereocenters. The summed E-state index contributed by atoms with van der Waals surface area (Å²) >= 11 is 5.67. The highest BCUT2D eigenvalue weighted by Gasteiger charge is 2.28.